The lowest BCUT2D eigenvalue weighted by atomic mass is 9.92. The summed E-state index contributed by atoms with van der Waals surface area (Å²) in [5.74, 6) is -0.480. The lowest BCUT2D eigenvalue weighted by Gasteiger charge is -2.36. The smallest absolute Gasteiger partial charge is 0.224 e. The van der Waals surface area contributed by atoms with Crippen LogP contribution in [0.25, 0.3) is 0 Å². The number of nitrogens with zero attached hydrogens (tertiary/aromatic N) is 1. The minimum absolute atomic E-state index is 0. The monoisotopic (exact) mass is 249 g/mol. The van der Waals surface area contributed by atoms with E-state index >= 15 is 0 Å². The summed E-state index contributed by atoms with van der Waals surface area (Å²) in [5, 5.41) is 0. The molecular weight excluding hydrogens is 230 g/mol. The number of hydrogen-bond donors (Lipinski definition) is 2. The normalized spacial score (nSPS) is 24.8. The molecule has 2 amide bonds. The third-order valence-corrected chi connectivity index (χ3v) is 2.96. The molecule has 0 bridgehead atoms. The number of amides is 2. The Morgan fingerprint density at radius 2 is 2.00 bits per heavy atom. The Kier molecular flexibility index (Phi) is 6.36. The molecule has 0 aromatic carbocycles. The van der Waals surface area contributed by atoms with Gasteiger partial charge in [0.2, 0.25) is 11.8 Å². The Morgan fingerprint density at radius 1 is 1.38 bits per heavy atom. The van der Waals surface area contributed by atoms with Crippen LogP contribution in [0.1, 0.15) is 26.2 Å². The quantitative estimate of drug-likeness (QED) is 0.730. The fourth-order valence-electron chi connectivity index (χ4n) is 1.95. The number of rotatable bonds is 3. The number of piperidine rings is 1. The second-order valence-corrected chi connectivity index (χ2v) is 4.11. The van der Waals surface area contributed by atoms with Gasteiger partial charge < -0.3 is 16.4 Å². The van der Waals surface area contributed by atoms with Gasteiger partial charge in [0.05, 0.1) is 5.92 Å². The first kappa shape index (κ1) is 15.2. The van der Waals surface area contributed by atoms with Crippen LogP contribution in [0.3, 0.4) is 0 Å². The summed E-state index contributed by atoms with van der Waals surface area (Å²) >= 11 is 0. The SMILES string of the molecule is CC1CCC(C(N)=O)CN1C(=O)CCN.Cl. The maximum Gasteiger partial charge on any atom is 0.224 e. The van der Waals surface area contributed by atoms with Gasteiger partial charge in [0.1, 0.15) is 0 Å². The van der Waals surface area contributed by atoms with Crippen molar-refractivity contribution in [3.05, 3.63) is 0 Å². The van der Waals surface area contributed by atoms with Gasteiger partial charge in [-0.2, -0.15) is 0 Å². The van der Waals surface area contributed by atoms with Gasteiger partial charge in [0.25, 0.3) is 0 Å². The van der Waals surface area contributed by atoms with Crippen LogP contribution >= 0.6 is 12.4 Å². The second-order valence-electron chi connectivity index (χ2n) is 4.11. The van der Waals surface area contributed by atoms with Crippen LogP contribution in [0.15, 0.2) is 0 Å². The average Bonchev–Trinajstić information content (AvgIpc) is 2.18. The van der Waals surface area contributed by atoms with E-state index < -0.39 is 0 Å². The van der Waals surface area contributed by atoms with Crippen molar-refractivity contribution in [2.45, 2.75) is 32.2 Å². The fraction of sp³-hybridized carbons (Fsp3) is 0.800. The zero-order valence-corrected chi connectivity index (χ0v) is 10.3. The first-order valence-electron chi connectivity index (χ1n) is 5.35. The van der Waals surface area contributed by atoms with Gasteiger partial charge in [0.15, 0.2) is 0 Å². The molecule has 0 saturated carbocycles. The fourth-order valence-corrected chi connectivity index (χ4v) is 1.95. The molecule has 5 nitrogen and oxygen atoms in total. The summed E-state index contributed by atoms with van der Waals surface area (Å²) in [6.45, 7) is 2.80. The van der Waals surface area contributed by atoms with E-state index in [0.717, 1.165) is 12.8 Å². The van der Waals surface area contributed by atoms with Crippen LogP contribution in [-0.2, 0) is 9.59 Å². The Hall–Kier alpha value is -0.810. The van der Waals surface area contributed by atoms with E-state index in [0.29, 0.717) is 19.5 Å². The molecule has 6 heteroatoms. The number of likely N-dealkylation sites (tertiary alicyclic amines) is 1. The maximum atomic E-state index is 11.7. The van der Waals surface area contributed by atoms with Gasteiger partial charge in [-0.05, 0) is 19.8 Å². The van der Waals surface area contributed by atoms with Gasteiger partial charge in [-0.3, -0.25) is 9.59 Å². The number of carbonyl (C=O) groups is 2. The zero-order valence-electron chi connectivity index (χ0n) is 9.52. The largest absolute Gasteiger partial charge is 0.369 e. The average molecular weight is 250 g/mol. The van der Waals surface area contributed by atoms with Gasteiger partial charge in [0, 0.05) is 25.6 Å². The predicted octanol–water partition coefficient (Wildman–Crippen LogP) is -0.131. The highest BCUT2D eigenvalue weighted by molar-refractivity contribution is 5.85. The molecule has 94 valence electrons. The molecule has 0 aliphatic carbocycles. The molecule has 0 aromatic heterocycles. The summed E-state index contributed by atoms with van der Waals surface area (Å²) in [6, 6.07) is 0.194. The molecule has 2 atom stereocenters. The summed E-state index contributed by atoms with van der Waals surface area (Å²) in [5.41, 5.74) is 10.6. The first-order valence-corrected chi connectivity index (χ1v) is 5.35. The van der Waals surface area contributed by atoms with Crippen molar-refractivity contribution in [2.75, 3.05) is 13.1 Å². The van der Waals surface area contributed by atoms with E-state index in [-0.39, 0.29) is 36.2 Å². The van der Waals surface area contributed by atoms with Crippen LogP contribution in [0.2, 0.25) is 0 Å². The van der Waals surface area contributed by atoms with Crippen molar-refractivity contribution in [2.24, 2.45) is 17.4 Å². The van der Waals surface area contributed by atoms with Gasteiger partial charge in [-0.15, -0.1) is 12.4 Å². The summed E-state index contributed by atoms with van der Waals surface area (Å²) in [7, 11) is 0. The first-order chi connectivity index (χ1) is 7.06. The van der Waals surface area contributed by atoms with Crippen molar-refractivity contribution in [1.29, 1.82) is 0 Å². The number of hydrogen-bond acceptors (Lipinski definition) is 3. The predicted molar refractivity (Wildman–Crippen MR) is 64.0 cm³/mol. The van der Waals surface area contributed by atoms with Crippen LogP contribution in [0.4, 0.5) is 0 Å². The molecule has 0 aromatic rings. The molecule has 1 rings (SSSR count). The Bertz CT molecular complexity index is 260. The molecule has 1 aliphatic heterocycles. The van der Waals surface area contributed by atoms with E-state index in [2.05, 4.69) is 0 Å². The van der Waals surface area contributed by atoms with E-state index in [1.807, 2.05) is 6.92 Å². The highest BCUT2D eigenvalue weighted by Gasteiger charge is 2.30. The van der Waals surface area contributed by atoms with Crippen molar-refractivity contribution >= 4 is 24.2 Å². The third kappa shape index (κ3) is 3.64. The number of nitrogens with two attached hydrogens (primary N) is 2. The number of primary amides is 1. The highest BCUT2D eigenvalue weighted by atomic mass is 35.5. The Balaban J connectivity index is 0.00000225. The number of carbonyl (C=O) groups excluding carboxylic acids is 2. The van der Waals surface area contributed by atoms with Crippen molar-refractivity contribution < 1.29 is 9.59 Å². The van der Waals surface area contributed by atoms with E-state index in [1.54, 1.807) is 4.90 Å². The Morgan fingerprint density at radius 3 is 2.50 bits per heavy atom. The molecule has 0 radical (unpaired) electrons. The topological polar surface area (TPSA) is 89.4 Å². The van der Waals surface area contributed by atoms with Gasteiger partial charge in [-0.25, -0.2) is 0 Å². The van der Waals surface area contributed by atoms with Gasteiger partial charge in [-0.1, -0.05) is 0 Å². The van der Waals surface area contributed by atoms with Crippen molar-refractivity contribution in [3.8, 4) is 0 Å². The Labute approximate surface area is 102 Å². The third-order valence-electron chi connectivity index (χ3n) is 2.96. The van der Waals surface area contributed by atoms with E-state index in [9.17, 15) is 9.59 Å². The molecule has 1 saturated heterocycles. The summed E-state index contributed by atoms with van der Waals surface area (Å²) < 4.78 is 0. The molecule has 1 aliphatic rings. The summed E-state index contributed by atoms with van der Waals surface area (Å²) in [6.07, 6.45) is 1.96. The molecule has 1 fully saturated rings. The molecule has 1 heterocycles. The zero-order chi connectivity index (χ0) is 11.4. The molecule has 0 spiro atoms. The lowest BCUT2D eigenvalue weighted by molar-refractivity contribution is -0.137. The molecular formula is C10H20ClN3O2. The highest BCUT2D eigenvalue weighted by Crippen LogP contribution is 2.22. The minimum Gasteiger partial charge on any atom is -0.369 e. The van der Waals surface area contributed by atoms with Crippen LogP contribution in [-0.4, -0.2) is 35.8 Å². The van der Waals surface area contributed by atoms with Crippen molar-refractivity contribution in [3.63, 3.8) is 0 Å². The molecule has 16 heavy (non-hydrogen) atoms. The molecule has 2 unspecified atom stereocenters. The van der Waals surface area contributed by atoms with Crippen LogP contribution < -0.4 is 11.5 Å². The van der Waals surface area contributed by atoms with Gasteiger partial charge >= 0.3 is 0 Å². The number of halogens is 1. The molecule has 4 N–H and O–H groups in total. The summed E-state index contributed by atoms with van der Waals surface area (Å²) in [4.78, 5) is 24.4. The maximum absolute atomic E-state index is 11.7. The second kappa shape index (κ2) is 6.70. The lowest BCUT2D eigenvalue weighted by Crippen LogP contribution is -2.48. The minimum atomic E-state index is -0.313. The van der Waals surface area contributed by atoms with Crippen molar-refractivity contribution in [1.82, 2.24) is 4.90 Å². The van der Waals surface area contributed by atoms with Crippen LogP contribution in [0.5, 0.6) is 0 Å². The van der Waals surface area contributed by atoms with E-state index in [1.165, 1.54) is 0 Å². The van der Waals surface area contributed by atoms with Crippen LogP contribution in [0, 0.1) is 5.92 Å². The standard InChI is InChI=1S/C10H19N3O2.ClH/c1-7-2-3-8(10(12)15)6-13(7)9(14)4-5-11;/h7-8H,2-6,11H2,1H3,(H2,12,15);1H. The van der Waals surface area contributed by atoms with E-state index in [4.69, 9.17) is 11.5 Å².